The number of benzene rings is 1. The third kappa shape index (κ3) is 3.61. The summed E-state index contributed by atoms with van der Waals surface area (Å²) in [6.07, 6.45) is 0. The lowest BCUT2D eigenvalue weighted by Crippen LogP contribution is -2.06. The number of fused-ring (bicyclic) bond motifs is 1. The van der Waals surface area contributed by atoms with Gasteiger partial charge in [-0.2, -0.15) is 0 Å². The summed E-state index contributed by atoms with van der Waals surface area (Å²) in [6, 6.07) is 4.04. The molecule has 0 radical (unpaired) electrons. The van der Waals surface area contributed by atoms with Gasteiger partial charge in [-0.1, -0.05) is 11.6 Å². The van der Waals surface area contributed by atoms with Crippen molar-refractivity contribution in [2.45, 2.75) is 20.5 Å². The van der Waals surface area contributed by atoms with Gasteiger partial charge in [0, 0.05) is 36.9 Å². The van der Waals surface area contributed by atoms with E-state index in [9.17, 15) is 14.4 Å². The second-order valence-corrected chi connectivity index (χ2v) is 4.65. The molecule has 1 aromatic carbocycles. The fraction of sp³-hybridized carbons (Fsp3) is 0.214. The first kappa shape index (κ1) is 15.1. The SMILES string of the molecule is CC(=O)OCc1cc(=O)oc2cc(OC(C)=O)c(Cl)cc12. The van der Waals surface area contributed by atoms with Crippen molar-refractivity contribution in [1.29, 1.82) is 0 Å². The van der Waals surface area contributed by atoms with Crippen molar-refractivity contribution in [2.24, 2.45) is 0 Å². The molecule has 0 amide bonds. The van der Waals surface area contributed by atoms with Gasteiger partial charge in [0.2, 0.25) is 0 Å². The zero-order valence-electron chi connectivity index (χ0n) is 11.3. The van der Waals surface area contributed by atoms with Crippen molar-refractivity contribution in [1.82, 2.24) is 0 Å². The van der Waals surface area contributed by atoms with E-state index in [4.69, 9.17) is 25.5 Å². The summed E-state index contributed by atoms with van der Waals surface area (Å²) >= 11 is 6.02. The van der Waals surface area contributed by atoms with Crippen LogP contribution in [0.2, 0.25) is 5.02 Å². The Morgan fingerprint density at radius 2 is 1.90 bits per heavy atom. The van der Waals surface area contributed by atoms with Crippen molar-refractivity contribution < 1.29 is 23.5 Å². The van der Waals surface area contributed by atoms with E-state index in [0.717, 1.165) is 0 Å². The summed E-state index contributed by atoms with van der Waals surface area (Å²) in [6.45, 7) is 2.41. The first-order chi connectivity index (χ1) is 9.86. The van der Waals surface area contributed by atoms with Gasteiger partial charge in [-0.3, -0.25) is 9.59 Å². The third-order valence-corrected chi connectivity index (χ3v) is 2.86. The Hall–Kier alpha value is -2.34. The standard InChI is InChI=1S/C14H11ClO6/c1-7(16)19-6-9-3-14(18)21-12-5-13(20-8(2)17)11(15)4-10(9)12/h3-5H,6H2,1-2H3. The highest BCUT2D eigenvalue weighted by Crippen LogP contribution is 2.31. The largest absolute Gasteiger partial charge is 0.461 e. The minimum absolute atomic E-state index is 0.0827. The molecule has 110 valence electrons. The highest BCUT2D eigenvalue weighted by Gasteiger charge is 2.13. The van der Waals surface area contributed by atoms with Gasteiger partial charge in [-0.05, 0) is 6.07 Å². The summed E-state index contributed by atoms with van der Waals surface area (Å²) in [5, 5.41) is 0.673. The van der Waals surface area contributed by atoms with Crippen molar-refractivity contribution >= 4 is 34.5 Å². The predicted molar refractivity (Wildman–Crippen MR) is 74.3 cm³/mol. The molecule has 0 fully saturated rings. The van der Waals surface area contributed by atoms with E-state index in [1.54, 1.807) is 0 Å². The van der Waals surface area contributed by atoms with E-state index in [0.29, 0.717) is 10.9 Å². The molecule has 0 spiro atoms. The molecule has 21 heavy (non-hydrogen) atoms. The van der Waals surface area contributed by atoms with E-state index < -0.39 is 17.6 Å². The van der Waals surface area contributed by atoms with Gasteiger partial charge < -0.3 is 13.9 Å². The first-order valence-corrected chi connectivity index (χ1v) is 6.32. The van der Waals surface area contributed by atoms with E-state index in [-0.39, 0.29) is 23.0 Å². The van der Waals surface area contributed by atoms with Gasteiger partial charge in [0.25, 0.3) is 0 Å². The van der Waals surface area contributed by atoms with Crippen LogP contribution in [0, 0.1) is 0 Å². The van der Waals surface area contributed by atoms with Crippen LogP contribution in [0.15, 0.2) is 27.4 Å². The molecule has 0 atom stereocenters. The molecule has 0 aliphatic rings. The zero-order valence-corrected chi connectivity index (χ0v) is 12.0. The Kier molecular flexibility index (Phi) is 4.28. The van der Waals surface area contributed by atoms with Crippen LogP contribution in [0.4, 0.5) is 0 Å². The molecule has 1 aromatic heterocycles. The first-order valence-electron chi connectivity index (χ1n) is 5.95. The smallest absolute Gasteiger partial charge is 0.336 e. The van der Waals surface area contributed by atoms with Gasteiger partial charge in [-0.25, -0.2) is 4.79 Å². The summed E-state index contributed by atoms with van der Waals surface area (Å²) in [5.74, 6) is -0.932. The number of esters is 2. The van der Waals surface area contributed by atoms with E-state index in [1.165, 1.54) is 32.0 Å². The van der Waals surface area contributed by atoms with Gasteiger partial charge >= 0.3 is 17.6 Å². The highest BCUT2D eigenvalue weighted by molar-refractivity contribution is 6.33. The molecule has 0 bridgehead atoms. The minimum Gasteiger partial charge on any atom is -0.461 e. The Bertz CT molecular complexity index is 777. The van der Waals surface area contributed by atoms with Crippen molar-refractivity contribution in [3.8, 4) is 5.75 Å². The van der Waals surface area contributed by atoms with E-state index in [2.05, 4.69) is 0 Å². The second kappa shape index (κ2) is 5.97. The highest BCUT2D eigenvalue weighted by atomic mass is 35.5. The number of rotatable bonds is 3. The summed E-state index contributed by atoms with van der Waals surface area (Å²) < 4.78 is 14.8. The molecule has 0 saturated heterocycles. The van der Waals surface area contributed by atoms with E-state index in [1.807, 2.05) is 0 Å². The summed E-state index contributed by atoms with van der Waals surface area (Å²) in [7, 11) is 0. The van der Waals surface area contributed by atoms with Gasteiger partial charge in [0.1, 0.15) is 12.2 Å². The summed E-state index contributed by atoms with van der Waals surface area (Å²) in [5.41, 5.74) is 0.0266. The van der Waals surface area contributed by atoms with E-state index >= 15 is 0 Å². The zero-order chi connectivity index (χ0) is 15.6. The molecule has 2 rings (SSSR count). The maximum absolute atomic E-state index is 11.5. The van der Waals surface area contributed by atoms with Crippen LogP contribution in [0.25, 0.3) is 11.0 Å². The number of hydrogen-bond acceptors (Lipinski definition) is 6. The van der Waals surface area contributed by atoms with Crippen LogP contribution in [0.1, 0.15) is 19.4 Å². The lowest BCUT2D eigenvalue weighted by Gasteiger charge is -2.09. The summed E-state index contributed by atoms with van der Waals surface area (Å²) in [4.78, 5) is 33.4. The van der Waals surface area contributed by atoms with Gasteiger partial charge in [-0.15, -0.1) is 0 Å². The van der Waals surface area contributed by atoms with Crippen molar-refractivity contribution in [3.63, 3.8) is 0 Å². The maximum atomic E-state index is 11.5. The molecule has 0 N–H and O–H groups in total. The quantitative estimate of drug-likeness (QED) is 0.492. The molecule has 0 aliphatic carbocycles. The number of ether oxygens (including phenoxy) is 2. The molecule has 2 aromatic rings. The van der Waals surface area contributed by atoms with Crippen LogP contribution >= 0.6 is 11.6 Å². The van der Waals surface area contributed by atoms with Crippen molar-refractivity contribution in [2.75, 3.05) is 0 Å². The fourth-order valence-electron chi connectivity index (χ4n) is 1.76. The van der Waals surface area contributed by atoms with Crippen LogP contribution in [0.3, 0.4) is 0 Å². The average molecular weight is 311 g/mol. The van der Waals surface area contributed by atoms with Gasteiger partial charge in [0.05, 0.1) is 5.02 Å². The Morgan fingerprint density at radius 3 is 2.52 bits per heavy atom. The number of halogens is 1. The topological polar surface area (TPSA) is 82.8 Å². The van der Waals surface area contributed by atoms with Crippen LogP contribution in [-0.4, -0.2) is 11.9 Å². The molecular formula is C14H11ClO6. The fourth-order valence-corrected chi connectivity index (χ4v) is 1.96. The molecule has 7 heteroatoms. The normalized spacial score (nSPS) is 10.4. The molecule has 6 nitrogen and oxygen atoms in total. The Labute approximate surface area is 124 Å². The number of carbonyl (C=O) groups excluding carboxylic acids is 2. The molecule has 1 heterocycles. The van der Waals surface area contributed by atoms with Crippen LogP contribution < -0.4 is 10.4 Å². The van der Waals surface area contributed by atoms with Crippen LogP contribution in [0.5, 0.6) is 5.75 Å². The number of carbonyl (C=O) groups is 2. The molecule has 0 unspecified atom stereocenters. The number of hydrogen-bond donors (Lipinski definition) is 0. The lowest BCUT2D eigenvalue weighted by molar-refractivity contribution is -0.142. The Morgan fingerprint density at radius 1 is 1.19 bits per heavy atom. The monoisotopic (exact) mass is 310 g/mol. The Balaban J connectivity index is 2.56. The maximum Gasteiger partial charge on any atom is 0.336 e. The van der Waals surface area contributed by atoms with Crippen LogP contribution in [-0.2, 0) is 20.9 Å². The molecule has 0 saturated carbocycles. The lowest BCUT2D eigenvalue weighted by atomic mass is 10.1. The van der Waals surface area contributed by atoms with Gasteiger partial charge in [0.15, 0.2) is 5.75 Å². The molecule has 0 aliphatic heterocycles. The molecular weight excluding hydrogens is 300 g/mol. The predicted octanol–water partition coefficient (Wildman–Crippen LogP) is 2.43. The minimum atomic E-state index is -0.610. The average Bonchev–Trinajstić information content (AvgIpc) is 2.37. The second-order valence-electron chi connectivity index (χ2n) is 4.24. The van der Waals surface area contributed by atoms with Crippen molar-refractivity contribution in [3.05, 3.63) is 39.2 Å². The third-order valence-electron chi connectivity index (χ3n) is 2.57.